The average molecular weight is 131 g/mol. The summed E-state index contributed by atoms with van der Waals surface area (Å²) in [5.41, 5.74) is 2.88. The summed E-state index contributed by atoms with van der Waals surface area (Å²) in [6, 6.07) is 0. The van der Waals surface area contributed by atoms with Crippen LogP contribution in [-0.2, 0) is 0 Å². The molecular formula is C5H7ClN2. The summed E-state index contributed by atoms with van der Waals surface area (Å²) in [5, 5.41) is 2.54. The standard InChI is InChI=1S/C5H7ClN2/c1-8-3-2-5(6)4-7-8/h2-4,7H,1H3. The van der Waals surface area contributed by atoms with Gasteiger partial charge in [0.25, 0.3) is 0 Å². The zero-order valence-electron chi connectivity index (χ0n) is 4.56. The van der Waals surface area contributed by atoms with Crippen molar-refractivity contribution in [2.45, 2.75) is 0 Å². The Morgan fingerprint density at radius 3 is 2.88 bits per heavy atom. The summed E-state index contributed by atoms with van der Waals surface area (Å²) in [6.07, 6.45) is 5.39. The molecule has 0 aliphatic carbocycles. The van der Waals surface area contributed by atoms with Crippen LogP contribution in [0, 0.1) is 0 Å². The molecule has 0 aromatic rings. The SMILES string of the molecule is CN1C=CC(Cl)=CN1. The third-order valence-electron chi connectivity index (χ3n) is 0.863. The van der Waals surface area contributed by atoms with E-state index in [2.05, 4.69) is 5.43 Å². The number of allylic oxidation sites excluding steroid dienone is 2. The van der Waals surface area contributed by atoms with Crippen molar-refractivity contribution in [2.24, 2.45) is 0 Å². The molecule has 1 aliphatic rings. The first kappa shape index (κ1) is 5.51. The van der Waals surface area contributed by atoms with E-state index in [1.54, 1.807) is 6.20 Å². The zero-order chi connectivity index (χ0) is 5.98. The smallest absolute Gasteiger partial charge is 0.0596 e. The lowest BCUT2D eigenvalue weighted by Gasteiger charge is -2.16. The summed E-state index contributed by atoms with van der Waals surface area (Å²) in [7, 11) is 1.90. The Bertz CT molecular complexity index is 139. The highest BCUT2D eigenvalue weighted by Gasteiger charge is 1.92. The monoisotopic (exact) mass is 130 g/mol. The van der Waals surface area contributed by atoms with Crippen molar-refractivity contribution in [1.82, 2.24) is 10.4 Å². The highest BCUT2D eigenvalue weighted by molar-refractivity contribution is 6.31. The summed E-state index contributed by atoms with van der Waals surface area (Å²) in [5.74, 6) is 0. The van der Waals surface area contributed by atoms with Gasteiger partial charge in [-0.15, -0.1) is 0 Å². The van der Waals surface area contributed by atoms with Crippen molar-refractivity contribution in [3.8, 4) is 0 Å². The maximum atomic E-state index is 5.57. The molecule has 0 fully saturated rings. The zero-order valence-corrected chi connectivity index (χ0v) is 5.31. The second-order valence-electron chi connectivity index (χ2n) is 1.58. The van der Waals surface area contributed by atoms with Gasteiger partial charge >= 0.3 is 0 Å². The van der Waals surface area contributed by atoms with Crippen molar-refractivity contribution in [3.05, 3.63) is 23.5 Å². The van der Waals surface area contributed by atoms with Gasteiger partial charge in [-0.05, 0) is 6.08 Å². The van der Waals surface area contributed by atoms with E-state index in [0.717, 1.165) is 5.03 Å². The molecule has 0 saturated heterocycles. The molecule has 0 saturated carbocycles. The van der Waals surface area contributed by atoms with Gasteiger partial charge in [0.15, 0.2) is 0 Å². The van der Waals surface area contributed by atoms with Crippen LogP contribution < -0.4 is 5.43 Å². The van der Waals surface area contributed by atoms with E-state index in [9.17, 15) is 0 Å². The molecule has 1 aliphatic heterocycles. The van der Waals surface area contributed by atoms with Gasteiger partial charge in [-0.1, -0.05) is 11.6 Å². The van der Waals surface area contributed by atoms with E-state index in [4.69, 9.17) is 11.6 Å². The molecule has 0 bridgehead atoms. The molecule has 2 nitrogen and oxygen atoms in total. The lowest BCUT2D eigenvalue weighted by molar-refractivity contribution is 0.381. The molecular weight excluding hydrogens is 124 g/mol. The molecule has 0 spiro atoms. The number of hydrogen-bond acceptors (Lipinski definition) is 2. The van der Waals surface area contributed by atoms with Crippen molar-refractivity contribution in [3.63, 3.8) is 0 Å². The second-order valence-corrected chi connectivity index (χ2v) is 2.02. The molecule has 0 atom stereocenters. The topological polar surface area (TPSA) is 15.3 Å². The van der Waals surface area contributed by atoms with Crippen molar-refractivity contribution >= 4 is 11.6 Å². The van der Waals surface area contributed by atoms with Gasteiger partial charge in [0, 0.05) is 19.4 Å². The van der Waals surface area contributed by atoms with Crippen LogP contribution in [0.1, 0.15) is 0 Å². The van der Waals surface area contributed by atoms with Crippen molar-refractivity contribution in [2.75, 3.05) is 7.05 Å². The first-order chi connectivity index (χ1) is 3.79. The maximum absolute atomic E-state index is 5.57. The average Bonchev–Trinajstić information content (AvgIpc) is 1.77. The summed E-state index contributed by atoms with van der Waals surface area (Å²) >= 11 is 5.57. The first-order valence-corrected chi connectivity index (χ1v) is 2.70. The Morgan fingerprint density at radius 1 is 1.75 bits per heavy atom. The fourth-order valence-corrected chi connectivity index (χ4v) is 0.543. The van der Waals surface area contributed by atoms with Gasteiger partial charge < -0.3 is 5.43 Å². The first-order valence-electron chi connectivity index (χ1n) is 2.32. The number of hydrazine groups is 1. The normalized spacial score (nSPS) is 17.8. The van der Waals surface area contributed by atoms with Gasteiger partial charge in [-0.2, -0.15) is 0 Å². The molecule has 8 heavy (non-hydrogen) atoms. The molecule has 1 rings (SSSR count). The van der Waals surface area contributed by atoms with E-state index in [-0.39, 0.29) is 0 Å². The van der Waals surface area contributed by atoms with E-state index >= 15 is 0 Å². The minimum atomic E-state index is 0.725. The van der Waals surface area contributed by atoms with Gasteiger partial charge in [-0.3, -0.25) is 5.01 Å². The van der Waals surface area contributed by atoms with Crippen LogP contribution >= 0.6 is 11.6 Å². The predicted molar refractivity (Wildman–Crippen MR) is 34.0 cm³/mol. The van der Waals surface area contributed by atoms with Crippen LogP contribution in [0.2, 0.25) is 0 Å². The lowest BCUT2D eigenvalue weighted by atomic mass is 10.5. The lowest BCUT2D eigenvalue weighted by Crippen LogP contribution is -2.26. The predicted octanol–water partition coefficient (Wildman–Crippen LogP) is 1.03. The van der Waals surface area contributed by atoms with Crippen molar-refractivity contribution in [1.29, 1.82) is 0 Å². The number of nitrogens with one attached hydrogen (secondary N) is 1. The molecule has 0 unspecified atom stereocenters. The summed E-state index contributed by atoms with van der Waals surface area (Å²) in [6.45, 7) is 0. The Morgan fingerprint density at radius 2 is 2.50 bits per heavy atom. The molecule has 1 heterocycles. The van der Waals surface area contributed by atoms with Crippen LogP contribution in [0.5, 0.6) is 0 Å². The third kappa shape index (κ3) is 1.17. The highest BCUT2D eigenvalue weighted by Crippen LogP contribution is 2.04. The fourth-order valence-electron chi connectivity index (χ4n) is 0.438. The van der Waals surface area contributed by atoms with E-state index in [1.807, 2.05) is 24.3 Å². The quantitative estimate of drug-likeness (QED) is 0.527. The summed E-state index contributed by atoms with van der Waals surface area (Å²) < 4.78 is 0. The molecule has 0 aromatic carbocycles. The summed E-state index contributed by atoms with van der Waals surface area (Å²) in [4.78, 5) is 0. The van der Waals surface area contributed by atoms with E-state index < -0.39 is 0 Å². The highest BCUT2D eigenvalue weighted by atomic mass is 35.5. The van der Waals surface area contributed by atoms with Crippen LogP contribution in [0.4, 0.5) is 0 Å². The largest absolute Gasteiger partial charge is 0.305 e. The fraction of sp³-hybridized carbons (Fsp3) is 0.200. The minimum absolute atomic E-state index is 0.725. The number of halogens is 1. The van der Waals surface area contributed by atoms with Crippen LogP contribution in [-0.4, -0.2) is 12.1 Å². The molecule has 0 aromatic heterocycles. The molecule has 0 radical (unpaired) electrons. The third-order valence-corrected chi connectivity index (χ3v) is 1.10. The minimum Gasteiger partial charge on any atom is -0.305 e. The number of nitrogens with zero attached hydrogens (tertiary/aromatic N) is 1. The van der Waals surface area contributed by atoms with Crippen LogP contribution in [0.15, 0.2) is 23.5 Å². The Hall–Kier alpha value is -0.630. The van der Waals surface area contributed by atoms with Gasteiger partial charge in [0.2, 0.25) is 0 Å². The molecule has 3 heteroatoms. The molecule has 0 amide bonds. The number of hydrogen-bond donors (Lipinski definition) is 1. The number of rotatable bonds is 0. The molecule has 44 valence electrons. The van der Waals surface area contributed by atoms with Crippen molar-refractivity contribution < 1.29 is 0 Å². The Kier molecular flexibility index (Phi) is 1.44. The molecule has 1 N–H and O–H groups in total. The maximum Gasteiger partial charge on any atom is 0.0596 e. The second kappa shape index (κ2) is 2.09. The van der Waals surface area contributed by atoms with Crippen LogP contribution in [0.25, 0.3) is 0 Å². The van der Waals surface area contributed by atoms with Gasteiger partial charge in [0.1, 0.15) is 0 Å². The van der Waals surface area contributed by atoms with Gasteiger partial charge in [-0.25, -0.2) is 0 Å². The van der Waals surface area contributed by atoms with E-state index in [0.29, 0.717) is 0 Å². The van der Waals surface area contributed by atoms with Gasteiger partial charge in [0.05, 0.1) is 5.03 Å². The van der Waals surface area contributed by atoms with Crippen LogP contribution in [0.3, 0.4) is 0 Å². The van der Waals surface area contributed by atoms with E-state index in [1.165, 1.54) is 0 Å². The Balaban J connectivity index is 2.58. The Labute approximate surface area is 53.4 Å².